The van der Waals surface area contributed by atoms with E-state index in [2.05, 4.69) is 21.2 Å². The Morgan fingerprint density at radius 1 is 1.71 bits per heavy atom. The maximum absolute atomic E-state index is 11.5. The van der Waals surface area contributed by atoms with E-state index in [1.165, 1.54) is 0 Å². The molecule has 0 radical (unpaired) electrons. The number of rotatable bonds is 4. The third-order valence-electron chi connectivity index (χ3n) is 1.82. The fourth-order valence-corrected chi connectivity index (χ4v) is 1.65. The van der Waals surface area contributed by atoms with Crippen LogP contribution in [0.4, 0.5) is 0 Å². The number of aryl methyl sites for hydroxylation is 1. The molecule has 0 aliphatic rings. The number of nitrogens with one attached hydrogen (secondary N) is 1. The lowest BCUT2D eigenvalue weighted by molar-refractivity contribution is 0.0943. The third-order valence-corrected chi connectivity index (χ3v) is 2.26. The second-order valence-corrected chi connectivity index (χ2v) is 3.90. The molecule has 1 amide bonds. The first-order valence-corrected chi connectivity index (χ1v) is 5.15. The zero-order chi connectivity index (χ0) is 10.6. The van der Waals surface area contributed by atoms with E-state index in [9.17, 15) is 4.79 Å². The summed E-state index contributed by atoms with van der Waals surface area (Å²) in [7, 11) is 1.81. The van der Waals surface area contributed by atoms with Gasteiger partial charge in [0.05, 0.1) is 0 Å². The molecular formula is C9H13BrN2O2. The van der Waals surface area contributed by atoms with Gasteiger partial charge in [0, 0.05) is 30.9 Å². The minimum Gasteiger partial charge on any atom is -0.396 e. The molecule has 0 aromatic carbocycles. The highest BCUT2D eigenvalue weighted by Gasteiger charge is 2.09. The van der Waals surface area contributed by atoms with Crippen LogP contribution in [0.25, 0.3) is 0 Å². The molecule has 0 saturated carbocycles. The molecule has 1 aromatic heterocycles. The van der Waals surface area contributed by atoms with Crippen LogP contribution in [-0.4, -0.2) is 28.7 Å². The summed E-state index contributed by atoms with van der Waals surface area (Å²) in [6, 6.07) is 1.76. The van der Waals surface area contributed by atoms with E-state index in [1.54, 1.807) is 10.6 Å². The maximum atomic E-state index is 11.5. The fraction of sp³-hybridized carbons (Fsp3) is 0.444. The van der Waals surface area contributed by atoms with Gasteiger partial charge in [-0.3, -0.25) is 4.79 Å². The molecule has 0 bridgehead atoms. The van der Waals surface area contributed by atoms with E-state index >= 15 is 0 Å². The molecule has 4 nitrogen and oxygen atoms in total. The van der Waals surface area contributed by atoms with Gasteiger partial charge >= 0.3 is 0 Å². The van der Waals surface area contributed by atoms with Crippen LogP contribution in [0.1, 0.15) is 16.9 Å². The molecule has 1 aromatic rings. The molecule has 14 heavy (non-hydrogen) atoms. The number of carbonyl (C=O) groups is 1. The van der Waals surface area contributed by atoms with E-state index < -0.39 is 0 Å². The van der Waals surface area contributed by atoms with Gasteiger partial charge < -0.3 is 15.0 Å². The second kappa shape index (κ2) is 5.17. The summed E-state index contributed by atoms with van der Waals surface area (Å²) in [5.41, 5.74) is 0.606. The molecule has 0 atom stereocenters. The van der Waals surface area contributed by atoms with E-state index in [-0.39, 0.29) is 12.5 Å². The zero-order valence-corrected chi connectivity index (χ0v) is 9.54. The highest BCUT2D eigenvalue weighted by atomic mass is 79.9. The van der Waals surface area contributed by atoms with Gasteiger partial charge in [0.25, 0.3) is 5.91 Å². The van der Waals surface area contributed by atoms with Crippen molar-refractivity contribution in [1.29, 1.82) is 0 Å². The van der Waals surface area contributed by atoms with Gasteiger partial charge in [-0.25, -0.2) is 0 Å². The monoisotopic (exact) mass is 260 g/mol. The molecule has 1 heterocycles. The molecular weight excluding hydrogens is 248 g/mol. The average molecular weight is 261 g/mol. The van der Waals surface area contributed by atoms with Gasteiger partial charge in [-0.05, 0) is 28.4 Å². The van der Waals surface area contributed by atoms with Crippen LogP contribution in [-0.2, 0) is 7.05 Å². The van der Waals surface area contributed by atoms with Gasteiger partial charge in [-0.1, -0.05) is 0 Å². The van der Waals surface area contributed by atoms with Crippen molar-refractivity contribution in [2.75, 3.05) is 13.2 Å². The molecule has 5 heteroatoms. The minimum absolute atomic E-state index is 0.0944. The van der Waals surface area contributed by atoms with Crippen LogP contribution in [0.2, 0.25) is 0 Å². The van der Waals surface area contributed by atoms with Crippen LogP contribution in [0, 0.1) is 0 Å². The first kappa shape index (κ1) is 11.3. The summed E-state index contributed by atoms with van der Waals surface area (Å²) in [4.78, 5) is 11.5. The molecule has 0 saturated heterocycles. The largest absolute Gasteiger partial charge is 0.396 e. The van der Waals surface area contributed by atoms with Gasteiger partial charge in [-0.2, -0.15) is 0 Å². The van der Waals surface area contributed by atoms with Gasteiger partial charge in [-0.15, -0.1) is 0 Å². The molecule has 1 rings (SSSR count). The number of aliphatic hydroxyl groups excluding tert-OH is 1. The fourth-order valence-electron chi connectivity index (χ4n) is 1.12. The lowest BCUT2D eigenvalue weighted by Crippen LogP contribution is -2.26. The number of hydrogen-bond donors (Lipinski definition) is 2. The lowest BCUT2D eigenvalue weighted by atomic mass is 10.4. The van der Waals surface area contributed by atoms with E-state index in [4.69, 9.17) is 5.11 Å². The Hall–Kier alpha value is -0.810. The van der Waals surface area contributed by atoms with Gasteiger partial charge in [0.2, 0.25) is 0 Å². The van der Waals surface area contributed by atoms with Gasteiger partial charge in [0.15, 0.2) is 0 Å². The van der Waals surface area contributed by atoms with E-state index in [0.29, 0.717) is 18.7 Å². The van der Waals surface area contributed by atoms with Crippen molar-refractivity contribution < 1.29 is 9.90 Å². The van der Waals surface area contributed by atoms with Crippen molar-refractivity contribution in [3.05, 3.63) is 22.4 Å². The Morgan fingerprint density at radius 2 is 2.43 bits per heavy atom. The summed E-state index contributed by atoms with van der Waals surface area (Å²) in [6.07, 6.45) is 2.40. The van der Waals surface area contributed by atoms with Crippen molar-refractivity contribution >= 4 is 21.8 Å². The van der Waals surface area contributed by atoms with E-state index in [0.717, 1.165) is 4.47 Å². The second-order valence-electron chi connectivity index (χ2n) is 2.99. The average Bonchev–Trinajstić information content (AvgIpc) is 2.45. The highest BCUT2D eigenvalue weighted by Crippen LogP contribution is 2.13. The smallest absolute Gasteiger partial charge is 0.267 e. The Bertz CT molecular complexity index is 323. The van der Waals surface area contributed by atoms with Crippen molar-refractivity contribution in [3.8, 4) is 0 Å². The molecule has 0 aliphatic carbocycles. The predicted octanol–water partition coefficient (Wildman–Crippen LogP) is 0.900. The van der Waals surface area contributed by atoms with Crippen LogP contribution < -0.4 is 5.32 Å². The zero-order valence-electron chi connectivity index (χ0n) is 7.96. The number of aliphatic hydroxyl groups is 1. The molecule has 2 N–H and O–H groups in total. The molecule has 0 unspecified atom stereocenters. The van der Waals surface area contributed by atoms with Crippen LogP contribution >= 0.6 is 15.9 Å². The SMILES string of the molecule is Cn1cc(Br)cc1C(=O)NCCCO. The summed E-state index contributed by atoms with van der Waals surface area (Å²) in [5, 5.41) is 11.3. The maximum Gasteiger partial charge on any atom is 0.267 e. The third kappa shape index (κ3) is 2.85. The number of hydrogen-bond acceptors (Lipinski definition) is 2. The molecule has 0 fully saturated rings. The van der Waals surface area contributed by atoms with Crippen molar-refractivity contribution in [3.63, 3.8) is 0 Å². The number of aromatic nitrogens is 1. The van der Waals surface area contributed by atoms with Crippen molar-refractivity contribution in [2.45, 2.75) is 6.42 Å². The Morgan fingerprint density at radius 3 is 2.93 bits per heavy atom. The van der Waals surface area contributed by atoms with Crippen LogP contribution in [0.3, 0.4) is 0 Å². The Labute approximate surface area is 91.0 Å². The normalized spacial score (nSPS) is 10.2. The first-order valence-electron chi connectivity index (χ1n) is 4.36. The first-order chi connectivity index (χ1) is 6.65. The number of carbonyl (C=O) groups excluding carboxylic acids is 1. The van der Waals surface area contributed by atoms with Gasteiger partial charge in [0.1, 0.15) is 5.69 Å². The van der Waals surface area contributed by atoms with Crippen LogP contribution in [0.15, 0.2) is 16.7 Å². The highest BCUT2D eigenvalue weighted by molar-refractivity contribution is 9.10. The van der Waals surface area contributed by atoms with Crippen molar-refractivity contribution in [2.24, 2.45) is 7.05 Å². The molecule has 0 spiro atoms. The summed E-state index contributed by atoms with van der Waals surface area (Å²) < 4.78 is 2.63. The van der Waals surface area contributed by atoms with Crippen molar-refractivity contribution in [1.82, 2.24) is 9.88 Å². The predicted molar refractivity (Wildman–Crippen MR) is 57.1 cm³/mol. The Kier molecular flexibility index (Phi) is 4.16. The van der Waals surface area contributed by atoms with Crippen LogP contribution in [0.5, 0.6) is 0 Å². The summed E-state index contributed by atoms with van der Waals surface area (Å²) in [6.45, 7) is 0.593. The standard InChI is InChI=1S/C9H13BrN2O2/c1-12-6-7(10)5-8(12)9(14)11-3-2-4-13/h5-6,13H,2-4H2,1H3,(H,11,14). The quantitative estimate of drug-likeness (QED) is 0.791. The minimum atomic E-state index is -0.119. The number of nitrogens with zero attached hydrogens (tertiary/aromatic N) is 1. The Balaban J connectivity index is 2.56. The molecule has 0 aliphatic heterocycles. The topological polar surface area (TPSA) is 54.3 Å². The number of halogens is 1. The summed E-state index contributed by atoms with van der Waals surface area (Å²) in [5.74, 6) is -0.119. The molecule has 78 valence electrons. The lowest BCUT2D eigenvalue weighted by Gasteiger charge is -2.04. The number of amides is 1. The van der Waals surface area contributed by atoms with E-state index in [1.807, 2.05) is 13.2 Å². The summed E-state index contributed by atoms with van der Waals surface area (Å²) >= 11 is 3.29.